The van der Waals surface area contributed by atoms with Crippen LogP contribution in [0.1, 0.15) is 37.8 Å². The third kappa shape index (κ3) is 7.53. The summed E-state index contributed by atoms with van der Waals surface area (Å²) in [4.78, 5) is 35.0. The molecule has 0 heterocycles. The van der Waals surface area contributed by atoms with Crippen molar-refractivity contribution < 1.29 is 19.5 Å². The van der Waals surface area contributed by atoms with Crippen LogP contribution in [0.15, 0.2) is 18.2 Å². The summed E-state index contributed by atoms with van der Waals surface area (Å²) in [6.07, 6.45) is 1.08. The summed E-state index contributed by atoms with van der Waals surface area (Å²) in [5, 5.41) is 16.6. The van der Waals surface area contributed by atoms with Crippen LogP contribution >= 0.6 is 12.4 Å². The Kier molecular flexibility index (Phi) is 9.78. The van der Waals surface area contributed by atoms with Gasteiger partial charge in [-0.1, -0.05) is 31.0 Å². The van der Waals surface area contributed by atoms with Crippen LogP contribution in [0.2, 0.25) is 0 Å². The van der Waals surface area contributed by atoms with Gasteiger partial charge in [-0.15, -0.1) is 12.4 Å². The van der Waals surface area contributed by atoms with Crippen LogP contribution in [0.25, 0.3) is 0 Å². The molecule has 2 atom stereocenters. The summed E-state index contributed by atoms with van der Waals surface area (Å²) < 4.78 is 0. The molecule has 7 nitrogen and oxygen atoms in total. The molecule has 0 aliphatic heterocycles. The van der Waals surface area contributed by atoms with E-state index in [2.05, 4.69) is 16.0 Å². The Morgan fingerprint density at radius 3 is 2.36 bits per heavy atom. The molecule has 0 fully saturated rings. The van der Waals surface area contributed by atoms with Crippen LogP contribution in [-0.2, 0) is 9.59 Å². The van der Waals surface area contributed by atoms with Crippen molar-refractivity contribution in [2.24, 2.45) is 0 Å². The van der Waals surface area contributed by atoms with Crippen LogP contribution in [0.4, 0.5) is 10.5 Å². The molecule has 25 heavy (non-hydrogen) atoms. The molecule has 1 aromatic carbocycles. The fourth-order valence-corrected chi connectivity index (χ4v) is 2.27. The molecule has 0 aliphatic carbocycles. The maximum atomic E-state index is 12.0. The first-order valence-corrected chi connectivity index (χ1v) is 7.92. The number of anilines is 1. The number of benzene rings is 1. The summed E-state index contributed by atoms with van der Waals surface area (Å²) >= 11 is 0. The Morgan fingerprint density at radius 2 is 1.84 bits per heavy atom. The predicted molar refractivity (Wildman–Crippen MR) is 99.3 cm³/mol. The Labute approximate surface area is 154 Å². The number of hydrogen-bond donors (Lipinski definition) is 4. The van der Waals surface area contributed by atoms with Crippen LogP contribution in [0.3, 0.4) is 0 Å². The molecule has 1 aromatic rings. The number of urea groups is 1. The van der Waals surface area contributed by atoms with E-state index in [9.17, 15) is 14.4 Å². The largest absolute Gasteiger partial charge is 0.480 e. The van der Waals surface area contributed by atoms with Gasteiger partial charge in [-0.25, -0.2) is 4.79 Å². The Hall–Kier alpha value is -2.12. The Morgan fingerprint density at radius 1 is 1.20 bits per heavy atom. The lowest BCUT2D eigenvalue weighted by Gasteiger charge is -2.19. The highest BCUT2D eigenvalue weighted by Crippen LogP contribution is 2.15. The Bertz CT molecular complexity index is 622. The average molecular weight is 372 g/mol. The number of carboxylic acids is 1. The minimum atomic E-state index is -1.02. The first-order valence-electron chi connectivity index (χ1n) is 7.92. The van der Waals surface area contributed by atoms with Crippen molar-refractivity contribution in [3.63, 3.8) is 0 Å². The van der Waals surface area contributed by atoms with E-state index in [1.807, 2.05) is 32.9 Å². The third-order valence-electron chi connectivity index (χ3n) is 3.59. The van der Waals surface area contributed by atoms with Gasteiger partial charge in [-0.05, 0) is 38.8 Å². The molecule has 3 amide bonds. The normalized spacial score (nSPS) is 12.5. The number of aryl methyl sites for hydroxylation is 2. The molecule has 0 aromatic heterocycles. The van der Waals surface area contributed by atoms with E-state index in [1.165, 1.54) is 6.92 Å². The monoisotopic (exact) mass is 371 g/mol. The number of halogens is 1. The highest BCUT2D eigenvalue weighted by Gasteiger charge is 2.23. The summed E-state index contributed by atoms with van der Waals surface area (Å²) in [5.74, 6) is -1.60. The van der Waals surface area contributed by atoms with Gasteiger partial charge in [-0.2, -0.15) is 0 Å². The number of imide groups is 1. The van der Waals surface area contributed by atoms with Crippen molar-refractivity contribution in [3.8, 4) is 0 Å². The number of nitrogens with one attached hydrogen (secondary N) is 3. The number of carbonyl (C=O) groups is 3. The summed E-state index contributed by atoms with van der Waals surface area (Å²) in [6, 6.07) is 3.27. The maximum Gasteiger partial charge on any atom is 0.325 e. The molecule has 0 aliphatic rings. The SMILES string of the molecule is CCCC(NC(C)C(=O)NC(=O)Nc1ccc(C)cc1C)C(=O)O.Cl. The molecule has 0 bridgehead atoms. The molecule has 0 saturated carbocycles. The lowest BCUT2D eigenvalue weighted by atomic mass is 10.1. The lowest BCUT2D eigenvalue weighted by molar-refractivity contribution is -0.140. The number of rotatable bonds is 7. The van der Waals surface area contributed by atoms with Crippen molar-refractivity contribution in [3.05, 3.63) is 29.3 Å². The minimum Gasteiger partial charge on any atom is -0.480 e. The zero-order chi connectivity index (χ0) is 18.3. The van der Waals surface area contributed by atoms with Crippen molar-refractivity contribution in [2.75, 3.05) is 5.32 Å². The molecule has 0 spiro atoms. The molecule has 0 saturated heterocycles. The number of carbonyl (C=O) groups excluding carboxylic acids is 2. The van der Waals surface area contributed by atoms with Crippen molar-refractivity contribution >= 4 is 36.0 Å². The zero-order valence-electron chi connectivity index (χ0n) is 14.9. The molecule has 140 valence electrons. The standard InChI is InChI=1S/C17H25N3O4.ClH/c1-5-6-14(16(22)23)18-12(4)15(21)20-17(24)19-13-8-7-10(2)9-11(13)3;/h7-9,12,14,18H,5-6H2,1-4H3,(H,22,23)(H2,19,20,21,24);1H. The van der Waals surface area contributed by atoms with E-state index in [1.54, 1.807) is 6.07 Å². The van der Waals surface area contributed by atoms with Gasteiger partial charge >= 0.3 is 12.0 Å². The number of carboxylic acid groups (broad SMARTS) is 1. The summed E-state index contributed by atoms with van der Waals surface area (Å²) in [6.45, 7) is 7.19. The second-order valence-corrected chi connectivity index (χ2v) is 5.83. The molecule has 2 unspecified atom stereocenters. The first-order chi connectivity index (χ1) is 11.2. The number of aliphatic carboxylic acids is 1. The van der Waals surface area contributed by atoms with Crippen LogP contribution in [0.5, 0.6) is 0 Å². The van der Waals surface area contributed by atoms with E-state index in [-0.39, 0.29) is 12.4 Å². The summed E-state index contributed by atoms with van der Waals surface area (Å²) in [7, 11) is 0. The van der Waals surface area contributed by atoms with Gasteiger partial charge in [-0.3, -0.25) is 20.2 Å². The lowest BCUT2D eigenvalue weighted by Crippen LogP contribution is -2.51. The van der Waals surface area contributed by atoms with Gasteiger partial charge < -0.3 is 10.4 Å². The van der Waals surface area contributed by atoms with Crippen LogP contribution in [-0.4, -0.2) is 35.1 Å². The minimum absolute atomic E-state index is 0. The molecule has 0 radical (unpaired) electrons. The second-order valence-electron chi connectivity index (χ2n) is 5.83. The van der Waals surface area contributed by atoms with Crippen LogP contribution < -0.4 is 16.0 Å². The van der Waals surface area contributed by atoms with E-state index in [0.29, 0.717) is 18.5 Å². The molecular formula is C17H26ClN3O4. The zero-order valence-corrected chi connectivity index (χ0v) is 15.7. The van der Waals surface area contributed by atoms with Crippen molar-refractivity contribution in [2.45, 2.75) is 52.6 Å². The fraction of sp³-hybridized carbons (Fsp3) is 0.471. The molecule has 8 heteroatoms. The van der Waals surface area contributed by atoms with Gasteiger partial charge in [0.2, 0.25) is 5.91 Å². The van der Waals surface area contributed by atoms with Crippen molar-refractivity contribution in [1.82, 2.24) is 10.6 Å². The highest BCUT2D eigenvalue weighted by molar-refractivity contribution is 6.03. The van der Waals surface area contributed by atoms with Crippen molar-refractivity contribution in [1.29, 1.82) is 0 Å². The van der Waals surface area contributed by atoms with Crippen LogP contribution in [0, 0.1) is 13.8 Å². The molecular weight excluding hydrogens is 346 g/mol. The van der Waals surface area contributed by atoms with Gasteiger partial charge in [0.05, 0.1) is 6.04 Å². The average Bonchev–Trinajstić information content (AvgIpc) is 2.49. The van der Waals surface area contributed by atoms with Gasteiger partial charge in [0.25, 0.3) is 0 Å². The predicted octanol–water partition coefficient (Wildman–Crippen LogP) is 2.60. The topological polar surface area (TPSA) is 108 Å². The quantitative estimate of drug-likeness (QED) is 0.589. The smallest absolute Gasteiger partial charge is 0.325 e. The molecule has 1 rings (SSSR count). The summed E-state index contributed by atoms with van der Waals surface area (Å²) in [5.41, 5.74) is 2.57. The van der Waals surface area contributed by atoms with E-state index >= 15 is 0 Å². The fourth-order valence-electron chi connectivity index (χ4n) is 2.27. The number of amides is 3. The van der Waals surface area contributed by atoms with E-state index < -0.39 is 30.0 Å². The second kappa shape index (κ2) is 10.7. The first kappa shape index (κ1) is 22.9. The van der Waals surface area contributed by atoms with Gasteiger partial charge in [0, 0.05) is 5.69 Å². The maximum absolute atomic E-state index is 12.0. The molecule has 4 N–H and O–H groups in total. The third-order valence-corrected chi connectivity index (χ3v) is 3.59. The van der Waals surface area contributed by atoms with Gasteiger partial charge in [0.15, 0.2) is 0 Å². The van der Waals surface area contributed by atoms with E-state index in [4.69, 9.17) is 5.11 Å². The van der Waals surface area contributed by atoms with E-state index in [0.717, 1.165) is 11.1 Å². The number of hydrogen-bond acceptors (Lipinski definition) is 4. The van der Waals surface area contributed by atoms with Gasteiger partial charge in [0.1, 0.15) is 6.04 Å². The Balaban J connectivity index is 0.00000576. The highest BCUT2D eigenvalue weighted by atomic mass is 35.5.